The highest BCUT2D eigenvalue weighted by Gasteiger charge is 2.52. The molecule has 2 fully saturated rings. The fourth-order valence-electron chi connectivity index (χ4n) is 3.67. The normalized spacial score (nSPS) is 24.3. The zero-order chi connectivity index (χ0) is 18.2. The van der Waals surface area contributed by atoms with Crippen molar-refractivity contribution >= 4 is 12.6 Å². The minimum absolute atomic E-state index is 0.0170. The summed E-state index contributed by atoms with van der Waals surface area (Å²) in [6.07, 6.45) is 6.14. The number of benzene rings is 1. The molecule has 1 heterocycles. The van der Waals surface area contributed by atoms with Gasteiger partial charge in [-0.25, -0.2) is 4.39 Å². The second kappa shape index (κ2) is 6.92. The van der Waals surface area contributed by atoms with Crippen LogP contribution in [0.4, 0.5) is 4.39 Å². The van der Waals surface area contributed by atoms with Crippen molar-refractivity contribution in [1.82, 2.24) is 0 Å². The Morgan fingerprint density at radius 3 is 2.28 bits per heavy atom. The first kappa shape index (κ1) is 18.7. The summed E-state index contributed by atoms with van der Waals surface area (Å²) in [5.74, 6) is 0.433. The molecular formula is C20H30BFO3. The first-order chi connectivity index (χ1) is 11.7. The van der Waals surface area contributed by atoms with Crippen LogP contribution in [-0.4, -0.2) is 24.4 Å². The lowest BCUT2D eigenvalue weighted by Crippen LogP contribution is -2.41. The van der Waals surface area contributed by atoms with Gasteiger partial charge in [0.05, 0.1) is 17.3 Å². The van der Waals surface area contributed by atoms with E-state index in [-0.39, 0.29) is 11.9 Å². The second-order valence-corrected chi connectivity index (χ2v) is 8.47. The standard InChI is InChI=1S/C20H30BFO3/c1-14(15-10-7-6-8-11-15)23-17-13-9-12-16(18(17)22)21-24-19(2,3)20(4,5)25-21/h9,12-15H,6-8,10-11H2,1-5H3/t14-/m0/s1. The van der Waals surface area contributed by atoms with Gasteiger partial charge in [-0.2, -0.15) is 0 Å². The van der Waals surface area contributed by atoms with Crippen molar-refractivity contribution in [2.45, 2.75) is 84.0 Å². The Morgan fingerprint density at radius 2 is 1.68 bits per heavy atom. The molecule has 1 saturated carbocycles. The molecule has 3 nitrogen and oxygen atoms in total. The topological polar surface area (TPSA) is 27.7 Å². The van der Waals surface area contributed by atoms with Gasteiger partial charge in [-0.3, -0.25) is 0 Å². The number of halogens is 1. The molecule has 1 aliphatic heterocycles. The Labute approximate surface area is 151 Å². The lowest BCUT2D eigenvalue weighted by molar-refractivity contribution is 0.00578. The van der Waals surface area contributed by atoms with E-state index in [1.165, 1.54) is 32.1 Å². The number of hydrogen-bond acceptors (Lipinski definition) is 3. The second-order valence-electron chi connectivity index (χ2n) is 8.47. The van der Waals surface area contributed by atoms with Gasteiger partial charge in [0.15, 0.2) is 11.6 Å². The van der Waals surface area contributed by atoms with Gasteiger partial charge in [0.25, 0.3) is 0 Å². The molecule has 0 unspecified atom stereocenters. The van der Waals surface area contributed by atoms with Gasteiger partial charge >= 0.3 is 7.12 Å². The molecule has 0 radical (unpaired) electrons. The molecule has 1 atom stereocenters. The third-order valence-corrected chi connectivity index (χ3v) is 6.13. The van der Waals surface area contributed by atoms with E-state index in [9.17, 15) is 0 Å². The first-order valence-corrected chi connectivity index (χ1v) is 9.52. The maximum atomic E-state index is 15.1. The van der Waals surface area contributed by atoms with Gasteiger partial charge in [0.2, 0.25) is 0 Å². The van der Waals surface area contributed by atoms with Crippen molar-refractivity contribution in [3.8, 4) is 5.75 Å². The number of ether oxygens (including phenoxy) is 1. The van der Waals surface area contributed by atoms with Gasteiger partial charge in [-0.15, -0.1) is 0 Å². The van der Waals surface area contributed by atoms with Crippen LogP contribution in [0.2, 0.25) is 0 Å². The highest BCUT2D eigenvalue weighted by molar-refractivity contribution is 6.62. The van der Waals surface area contributed by atoms with Crippen LogP contribution in [0.3, 0.4) is 0 Å². The highest BCUT2D eigenvalue weighted by Crippen LogP contribution is 2.37. The molecule has 5 heteroatoms. The Balaban J connectivity index is 1.76. The zero-order valence-corrected chi connectivity index (χ0v) is 16.1. The smallest absolute Gasteiger partial charge is 0.487 e. The minimum Gasteiger partial charge on any atom is -0.487 e. The highest BCUT2D eigenvalue weighted by atomic mass is 19.1. The van der Waals surface area contributed by atoms with Crippen molar-refractivity contribution in [3.05, 3.63) is 24.0 Å². The zero-order valence-electron chi connectivity index (χ0n) is 16.1. The summed E-state index contributed by atoms with van der Waals surface area (Å²) < 4.78 is 33.1. The summed E-state index contributed by atoms with van der Waals surface area (Å²) in [6.45, 7) is 9.93. The van der Waals surface area contributed by atoms with Gasteiger partial charge in [-0.1, -0.05) is 31.4 Å². The first-order valence-electron chi connectivity index (χ1n) is 9.52. The van der Waals surface area contributed by atoms with Gasteiger partial charge < -0.3 is 14.0 Å². The van der Waals surface area contributed by atoms with Crippen LogP contribution < -0.4 is 10.2 Å². The van der Waals surface area contributed by atoms with Crippen LogP contribution in [0, 0.1) is 11.7 Å². The quantitative estimate of drug-likeness (QED) is 0.752. The van der Waals surface area contributed by atoms with E-state index in [1.807, 2.05) is 33.8 Å². The Kier molecular flexibility index (Phi) is 5.18. The van der Waals surface area contributed by atoms with E-state index in [2.05, 4.69) is 6.92 Å². The van der Waals surface area contributed by atoms with Crippen LogP contribution >= 0.6 is 0 Å². The van der Waals surface area contributed by atoms with E-state index in [0.717, 1.165) is 0 Å². The molecule has 2 aliphatic rings. The molecule has 138 valence electrons. The Hall–Kier alpha value is -1.07. The van der Waals surface area contributed by atoms with Crippen molar-refractivity contribution in [3.63, 3.8) is 0 Å². The fourth-order valence-corrected chi connectivity index (χ4v) is 3.67. The van der Waals surface area contributed by atoms with Gasteiger partial charge in [0.1, 0.15) is 0 Å². The Bertz CT molecular complexity index is 595. The van der Waals surface area contributed by atoms with Crippen molar-refractivity contribution in [2.24, 2.45) is 5.92 Å². The summed E-state index contributed by atoms with van der Waals surface area (Å²) in [5.41, 5.74) is -0.570. The molecular weight excluding hydrogens is 318 g/mol. The van der Waals surface area contributed by atoms with E-state index < -0.39 is 18.3 Å². The Morgan fingerprint density at radius 1 is 1.08 bits per heavy atom. The van der Waals surface area contributed by atoms with Gasteiger partial charge in [-0.05, 0) is 59.4 Å². The molecule has 0 aromatic heterocycles. The molecule has 3 rings (SSSR count). The molecule has 0 bridgehead atoms. The molecule has 1 aromatic rings. The summed E-state index contributed by atoms with van der Waals surface area (Å²) in [7, 11) is -0.710. The van der Waals surface area contributed by atoms with Crippen LogP contribution in [0.15, 0.2) is 18.2 Å². The van der Waals surface area contributed by atoms with Crippen molar-refractivity contribution in [2.75, 3.05) is 0 Å². The molecule has 1 aromatic carbocycles. The molecule has 0 amide bonds. The summed E-state index contributed by atoms with van der Waals surface area (Å²) >= 11 is 0. The summed E-state index contributed by atoms with van der Waals surface area (Å²) in [4.78, 5) is 0. The van der Waals surface area contributed by atoms with Crippen molar-refractivity contribution in [1.29, 1.82) is 0 Å². The molecule has 25 heavy (non-hydrogen) atoms. The maximum Gasteiger partial charge on any atom is 0.497 e. The van der Waals surface area contributed by atoms with E-state index in [1.54, 1.807) is 12.1 Å². The van der Waals surface area contributed by atoms with E-state index >= 15 is 4.39 Å². The molecule has 1 aliphatic carbocycles. The molecule has 0 spiro atoms. The lowest BCUT2D eigenvalue weighted by atomic mass is 9.78. The SMILES string of the molecule is C[C@H](Oc1cccc(B2OC(C)(C)C(C)(C)O2)c1F)C1CCCCC1. The largest absolute Gasteiger partial charge is 0.497 e. The maximum absolute atomic E-state index is 15.1. The van der Waals surface area contributed by atoms with Crippen LogP contribution in [-0.2, 0) is 9.31 Å². The van der Waals surface area contributed by atoms with E-state index in [0.29, 0.717) is 17.1 Å². The average molecular weight is 348 g/mol. The third-order valence-electron chi connectivity index (χ3n) is 6.13. The van der Waals surface area contributed by atoms with Crippen LogP contribution in [0.5, 0.6) is 5.75 Å². The number of hydrogen-bond donors (Lipinski definition) is 0. The fraction of sp³-hybridized carbons (Fsp3) is 0.700. The molecule has 0 N–H and O–H groups in total. The van der Waals surface area contributed by atoms with Crippen LogP contribution in [0.25, 0.3) is 0 Å². The molecule has 1 saturated heterocycles. The average Bonchev–Trinajstić information content (AvgIpc) is 2.78. The van der Waals surface area contributed by atoms with Gasteiger partial charge in [0, 0.05) is 5.46 Å². The predicted octanol–water partition coefficient (Wildman–Crippen LogP) is 4.47. The summed E-state index contributed by atoms with van der Waals surface area (Å²) in [6, 6.07) is 5.23. The summed E-state index contributed by atoms with van der Waals surface area (Å²) in [5, 5.41) is 0. The van der Waals surface area contributed by atoms with Crippen LogP contribution in [0.1, 0.15) is 66.7 Å². The number of rotatable bonds is 4. The van der Waals surface area contributed by atoms with E-state index in [4.69, 9.17) is 14.0 Å². The lowest BCUT2D eigenvalue weighted by Gasteiger charge is -2.32. The monoisotopic (exact) mass is 348 g/mol. The third kappa shape index (κ3) is 3.73. The predicted molar refractivity (Wildman–Crippen MR) is 98.8 cm³/mol. The van der Waals surface area contributed by atoms with Crippen molar-refractivity contribution < 1.29 is 18.4 Å². The minimum atomic E-state index is -0.710.